The number of hydrogen-bond acceptors (Lipinski definition) is 5. The number of methoxy groups -OCH3 is 2. The van der Waals surface area contributed by atoms with E-state index in [0.29, 0.717) is 22.8 Å². The van der Waals surface area contributed by atoms with Crippen molar-refractivity contribution in [1.29, 1.82) is 0 Å². The number of carbonyl (C=O) groups is 2. The van der Waals surface area contributed by atoms with Gasteiger partial charge in [0, 0.05) is 5.56 Å². The Kier molecular flexibility index (Phi) is 6.43. The van der Waals surface area contributed by atoms with E-state index >= 15 is 0 Å². The number of rotatable bonds is 6. The Morgan fingerprint density at radius 2 is 1.62 bits per heavy atom. The molecule has 0 saturated carbocycles. The molecule has 2 aromatic rings. The van der Waals surface area contributed by atoms with Crippen LogP contribution in [0.15, 0.2) is 42.5 Å². The minimum atomic E-state index is -0.776. The van der Waals surface area contributed by atoms with Gasteiger partial charge in [-0.25, -0.2) is 0 Å². The van der Waals surface area contributed by atoms with Gasteiger partial charge in [0.2, 0.25) is 0 Å². The molecular formula is C19H22N2O5. The molecule has 2 amide bonds. The molecule has 2 rings (SSSR count). The van der Waals surface area contributed by atoms with Gasteiger partial charge < -0.3 is 14.2 Å². The van der Waals surface area contributed by atoms with Crippen molar-refractivity contribution >= 4 is 11.8 Å². The van der Waals surface area contributed by atoms with Gasteiger partial charge in [-0.15, -0.1) is 0 Å². The number of carbonyl (C=O) groups excluding carboxylic acids is 2. The van der Waals surface area contributed by atoms with Crippen LogP contribution >= 0.6 is 0 Å². The molecule has 2 N–H and O–H groups in total. The number of hydrazine groups is 1. The van der Waals surface area contributed by atoms with Gasteiger partial charge in [0.1, 0.15) is 5.75 Å². The summed E-state index contributed by atoms with van der Waals surface area (Å²) in [6, 6.07) is 12.1. The first-order valence-corrected chi connectivity index (χ1v) is 8.00. The molecule has 0 heterocycles. The minimum absolute atomic E-state index is 0.315. The van der Waals surface area contributed by atoms with Gasteiger partial charge in [-0.2, -0.15) is 0 Å². The lowest BCUT2D eigenvalue weighted by Crippen LogP contribution is -2.47. The number of ether oxygens (including phenoxy) is 3. The molecule has 0 aromatic heterocycles. The Morgan fingerprint density at radius 3 is 2.27 bits per heavy atom. The normalized spacial score (nSPS) is 11.2. The maximum Gasteiger partial charge on any atom is 0.279 e. The van der Waals surface area contributed by atoms with Crippen LogP contribution in [-0.4, -0.2) is 32.1 Å². The van der Waals surface area contributed by atoms with E-state index in [9.17, 15) is 9.59 Å². The van der Waals surface area contributed by atoms with Crippen LogP contribution in [0.5, 0.6) is 17.2 Å². The zero-order valence-corrected chi connectivity index (χ0v) is 15.2. The summed E-state index contributed by atoms with van der Waals surface area (Å²) in [6.45, 7) is 3.49. The number of benzene rings is 2. The monoisotopic (exact) mass is 358 g/mol. The van der Waals surface area contributed by atoms with Crippen molar-refractivity contribution in [3.05, 3.63) is 53.6 Å². The van der Waals surface area contributed by atoms with Crippen LogP contribution < -0.4 is 25.1 Å². The van der Waals surface area contributed by atoms with Gasteiger partial charge in [-0.05, 0) is 43.7 Å². The first-order valence-electron chi connectivity index (χ1n) is 8.00. The van der Waals surface area contributed by atoms with Crippen LogP contribution in [0.25, 0.3) is 0 Å². The van der Waals surface area contributed by atoms with Gasteiger partial charge in [-0.1, -0.05) is 18.2 Å². The SMILES string of the molecule is COc1ccc(C(=O)NNC(=O)C(C)Oc2ccccc2C)cc1OC. The molecule has 26 heavy (non-hydrogen) atoms. The van der Waals surface area contributed by atoms with Gasteiger partial charge in [-0.3, -0.25) is 20.4 Å². The third-order valence-corrected chi connectivity index (χ3v) is 3.71. The average molecular weight is 358 g/mol. The number of para-hydroxylation sites is 1. The van der Waals surface area contributed by atoms with Gasteiger partial charge in [0.15, 0.2) is 17.6 Å². The summed E-state index contributed by atoms with van der Waals surface area (Å²) in [4.78, 5) is 24.3. The zero-order valence-electron chi connectivity index (χ0n) is 15.2. The first-order chi connectivity index (χ1) is 12.5. The van der Waals surface area contributed by atoms with E-state index in [0.717, 1.165) is 5.56 Å². The fourth-order valence-electron chi connectivity index (χ4n) is 2.20. The van der Waals surface area contributed by atoms with Crippen molar-refractivity contribution in [1.82, 2.24) is 10.9 Å². The predicted molar refractivity (Wildman–Crippen MR) is 96.4 cm³/mol. The quantitative estimate of drug-likeness (QED) is 0.774. The fourth-order valence-corrected chi connectivity index (χ4v) is 2.20. The highest BCUT2D eigenvalue weighted by Gasteiger charge is 2.17. The molecule has 138 valence electrons. The molecule has 7 nitrogen and oxygen atoms in total. The summed E-state index contributed by atoms with van der Waals surface area (Å²) >= 11 is 0. The fraction of sp³-hybridized carbons (Fsp3) is 0.263. The Bertz CT molecular complexity index is 791. The second-order valence-electron chi connectivity index (χ2n) is 5.54. The van der Waals surface area contributed by atoms with E-state index in [-0.39, 0.29) is 0 Å². The Hall–Kier alpha value is -3.22. The summed E-state index contributed by atoms with van der Waals surface area (Å²) in [5, 5.41) is 0. The van der Waals surface area contributed by atoms with Crippen molar-refractivity contribution in [2.45, 2.75) is 20.0 Å². The summed E-state index contributed by atoms with van der Waals surface area (Å²) in [5.74, 6) is 0.585. The predicted octanol–water partition coefficient (Wildman–Crippen LogP) is 2.24. The Balaban J connectivity index is 1.94. The minimum Gasteiger partial charge on any atom is -0.493 e. The summed E-state index contributed by atoms with van der Waals surface area (Å²) in [7, 11) is 2.99. The highest BCUT2D eigenvalue weighted by atomic mass is 16.5. The van der Waals surface area contributed by atoms with Crippen molar-refractivity contribution in [2.75, 3.05) is 14.2 Å². The van der Waals surface area contributed by atoms with Crippen LogP contribution in [0, 0.1) is 6.92 Å². The number of aryl methyl sites for hydroxylation is 1. The van der Waals surface area contributed by atoms with Crippen LogP contribution in [0.4, 0.5) is 0 Å². The van der Waals surface area contributed by atoms with Crippen molar-refractivity contribution in [2.24, 2.45) is 0 Å². The maximum absolute atomic E-state index is 12.2. The first kappa shape index (κ1) is 19.1. The molecule has 0 aliphatic rings. The molecule has 2 aromatic carbocycles. The van der Waals surface area contributed by atoms with E-state index in [1.54, 1.807) is 25.1 Å². The zero-order chi connectivity index (χ0) is 19.1. The van der Waals surface area contributed by atoms with Crippen molar-refractivity contribution in [3.8, 4) is 17.2 Å². The van der Waals surface area contributed by atoms with Crippen LogP contribution in [0.2, 0.25) is 0 Å². The van der Waals surface area contributed by atoms with E-state index < -0.39 is 17.9 Å². The van der Waals surface area contributed by atoms with Gasteiger partial charge in [0.25, 0.3) is 11.8 Å². The standard InChI is InChI=1S/C19H22N2O5/c1-12-7-5-6-8-15(12)26-13(2)18(22)20-21-19(23)14-9-10-16(24-3)17(11-14)25-4/h5-11,13H,1-4H3,(H,20,22)(H,21,23). The lowest BCUT2D eigenvalue weighted by atomic mass is 10.2. The van der Waals surface area contributed by atoms with Gasteiger partial charge in [0.05, 0.1) is 14.2 Å². The molecule has 1 unspecified atom stereocenters. The second kappa shape index (κ2) is 8.75. The van der Waals surface area contributed by atoms with Crippen LogP contribution in [-0.2, 0) is 4.79 Å². The number of nitrogens with one attached hydrogen (secondary N) is 2. The molecule has 1 atom stereocenters. The molecule has 7 heteroatoms. The molecule has 0 fully saturated rings. The summed E-state index contributed by atoms with van der Waals surface area (Å²) in [5.41, 5.74) is 5.94. The smallest absolute Gasteiger partial charge is 0.279 e. The van der Waals surface area contributed by atoms with Crippen LogP contribution in [0.3, 0.4) is 0 Å². The second-order valence-corrected chi connectivity index (χ2v) is 5.54. The van der Waals surface area contributed by atoms with E-state index in [1.807, 2.05) is 25.1 Å². The molecular weight excluding hydrogens is 336 g/mol. The molecule has 0 aliphatic heterocycles. The Morgan fingerprint density at radius 1 is 0.923 bits per heavy atom. The van der Waals surface area contributed by atoms with Crippen LogP contribution in [0.1, 0.15) is 22.8 Å². The Labute approximate surface area is 152 Å². The summed E-state index contributed by atoms with van der Waals surface area (Å²) < 4.78 is 15.9. The van der Waals surface area contributed by atoms with Crippen molar-refractivity contribution in [3.63, 3.8) is 0 Å². The number of amides is 2. The third-order valence-electron chi connectivity index (χ3n) is 3.71. The third kappa shape index (κ3) is 4.66. The van der Waals surface area contributed by atoms with Gasteiger partial charge >= 0.3 is 0 Å². The van der Waals surface area contributed by atoms with Crippen molar-refractivity contribution < 1.29 is 23.8 Å². The van der Waals surface area contributed by atoms with E-state index in [2.05, 4.69) is 10.9 Å². The lowest BCUT2D eigenvalue weighted by Gasteiger charge is -2.16. The lowest BCUT2D eigenvalue weighted by molar-refractivity contribution is -0.128. The highest BCUT2D eigenvalue weighted by Crippen LogP contribution is 2.27. The molecule has 0 saturated heterocycles. The van der Waals surface area contributed by atoms with E-state index in [1.165, 1.54) is 20.3 Å². The maximum atomic E-state index is 12.2. The van der Waals surface area contributed by atoms with E-state index in [4.69, 9.17) is 14.2 Å². The molecule has 0 radical (unpaired) electrons. The highest BCUT2D eigenvalue weighted by molar-refractivity contribution is 5.96. The molecule has 0 bridgehead atoms. The number of hydrogen-bond donors (Lipinski definition) is 2. The molecule has 0 aliphatic carbocycles. The topological polar surface area (TPSA) is 85.9 Å². The molecule has 0 spiro atoms. The largest absolute Gasteiger partial charge is 0.493 e. The average Bonchev–Trinajstić information content (AvgIpc) is 2.66. The summed E-state index contributed by atoms with van der Waals surface area (Å²) in [6.07, 6.45) is -0.776.